The molecule has 0 radical (unpaired) electrons. The molecule has 3 heterocycles. The van der Waals surface area contributed by atoms with Crippen LogP contribution in [-0.2, 0) is 6.54 Å². The molecule has 9 heteroatoms. The number of ether oxygens (including phenoxy) is 1. The lowest BCUT2D eigenvalue weighted by atomic mass is 10.00. The number of nitrogens with zero attached hydrogens (tertiary/aromatic N) is 4. The first-order valence-corrected chi connectivity index (χ1v) is 11.5. The van der Waals surface area contributed by atoms with Gasteiger partial charge < -0.3 is 19.5 Å². The van der Waals surface area contributed by atoms with E-state index in [1.807, 2.05) is 35.8 Å². The highest BCUT2D eigenvalue weighted by Gasteiger charge is 2.36. The summed E-state index contributed by atoms with van der Waals surface area (Å²) in [5.41, 5.74) is 1.49. The molecule has 172 valence electrons. The minimum absolute atomic E-state index is 0.196. The fraction of sp³-hybridized carbons (Fsp3) is 0.375. The second-order valence-corrected chi connectivity index (χ2v) is 8.90. The second kappa shape index (κ2) is 9.02. The number of aromatic nitrogens is 3. The SMILES string of the molecule is Cc1nnc([C@H]2CCCN2C(=O)N[C@H]2CCOc3cccc(F)c32)n1Cc1ccc(Cl)cc1. The Morgan fingerprint density at radius 3 is 2.85 bits per heavy atom. The Morgan fingerprint density at radius 1 is 1.21 bits per heavy atom. The summed E-state index contributed by atoms with van der Waals surface area (Å²) in [6.07, 6.45) is 2.18. The number of carbonyl (C=O) groups excluding carboxylic acids is 1. The fourth-order valence-corrected chi connectivity index (χ4v) is 4.80. The molecule has 1 aromatic heterocycles. The summed E-state index contributed by atoms with van der Waals surface area (Å²) < 4.78 is 22.1. The Kier molecular flexibility index (Phi) is 5.93. The van der Waals surface area contributed by atoms with Crippen molar-refractivity contribution in [3.05, 3.63) is 76.1 Å². The Balaban J connectivity index is 1.36. The van der Waals surface area contributed by atoms with E-state index in [2.05, 4.69) is 15.5 Å². The molecule has 2 aliphatic rings. The van der Waals surface area contributed by atoms with Crippen molar-refractivity contribution in [1.82, 2.24) is 25.0 Å². The van der Waals surface area contributed by atoms with Crippen LogP contribution in [0.1, 0.15) is 54.1 Å². The summed E-state index contributed by atoms with van der Waals surface area (Å²) in [5.74, 6) is 1.66. The zero-order valence-electron chi connectivity index (χ0n) is 18.3. The number of halogens is 2. The lowest BCUT2D eigenvalue weighted by molar-refractivity contribution is 0.178. The Bertz CT molecular complexity index is 1170. The van der Waals surface area contributed by atoms with E-state index in [9.17, 15) is 9.18 Å². The number of hydrogen-bond acceptors (Lipinski definition) is 4. The second-order valence-electron chi connectivity index (χ2n) is 8.46. The third-order valence-corrected chi connectivity index (χ3v) is 6.61. The molecule has 0 aliphatic carbocycles. The van der Waals surface area contributed by atoms with Gasteiger partial charge in [0.15, 0.2) is 5.82 Å². The summed E-state index contributed by atoms with van der Waals surface area (Å²) in [7, 11) is 0. The Labute approximate surface area is 196 Å². The van der Waals surface area contributed by atoms with Gasteiger partial charge in [0.05, 0.1) is 30.8 Å². The normalized spacial score (nSPS) is 19.8. The van der Waals surface area contributed by atoms with Crippen molar-refractivity contribution in [3.8, 4) is 5.75 Å². The lowest BCUT2D eigenvalue weighted by Gasteiger charge is -2.31. The molecule has 2 atom stereocenters. The maximum absolute atomic E-state index is 14.5. The lowest BCUT2D eigenvalue weighted by Crippen LogP contribution is -2.43. The molecule has 3 aromatic rings. The number of amides is 2. The number of hydrogen-bond donors (Lipinski definition) is 1. The summed E-state index contributed by atoms with van der Waals surface area (Å²) in [6, 6.07) is 11.6. The zero-order chi connectivity index (χ0) is 22.9. The highest BCUT2D eigenvalue weighted by Crippen LogP contribution is 2.36. The average molecular weight is 470 g/mol. The number of likely N-dealkylation sites (tertiary alicyclic amines) is 1. The minimum atomic E-state index is -0.433. The van der Waals surface area contributed by atoms with E-state index in [0.717, 1.165) is 30.1 Å². The van der Waals surface area contributed by atoms with Crippen LogP contribution in [0.15, 0.2) is 42.5 Å². The summed E-state index contributed by atoms with van der Waals surface area (Å²) in [6.45, 7) is 3.54. The van der Waals surface area contributed by atoms with Gasteiger partial charge in [-0.15, -0.1) is 10.2 Å². The van der Waals surface area contributed by atoms with Crippen LogP contribution < -0.4 is 10.1 Å². The molecule has 1 fully saturated rings. The van der Waals surface area contributed by atoms with E-state index < -0.39 is 6.04 Å². The number of benzene rings is 2. The fourth-order valence-electron chi connectivity index (χ4n) is 4.68. The average Bonchev–Trinajstić information content (AvgIpc) is 3.42. The summed E-state index contributed by atoms with van der Waals surface area (Å²) in [4.78, 5) is 15.1. The molecule has 2 aromatic carbocycles. The van der Waals surface area contributed by atoms with E-state index in [1.54, 1.807) is 17.0 Å². The van der Waals surface area contributed by atoms with Crippen molar-refractivity contribution >= 4 is 17.6 Å². The minimum Gasteiger partial charge on any atom is -0.493 e. The molecule has 2 aliphatic heterocycles. The maximum atomic E-state index is 14.5. The number of aryl methyl sites for hydroxylation is 1. The van der Waals surface area contributed by atoms with Gasteiger partial charge in [0.25, 0.3) is 0 Å². The standard InChI is InChI=1S/C24H25ClFN5O2/c1-15-28-29-23(31(15)14-16-7-9-17(25)10-8-16)20-5-3-12-30(20)24(32)27-19-11-13-33-21-6-2-4-18(26)22(19)21/h2,4,6-10,19-20H,3,5,11-14H2,1H3,(H,27,32)/t19-,20+/m0/s1. The van der Waals surface area contributed by atoms with Gasteiger partial charge in [-0.3, -0.25) is 0 Å². The Hall–Kier alpha value is -3.13. The maximum Gasteiger partial charge on any atom is 0.318 e. The van der Waals surface area contributed by atoms with Crippen molar-refractivity contribution in [3.63, 3.8) is 0 Å². The van der Waals surface area contributed by atoms with Crippen LogP contribution in [0.5, 0.6) is 5.75 Å². The highest BCUT2D eigenvalue weighted by molar-refractivity contribution is 6.30. The first-order valence-electron chi connectivity index (χ1n) is 11.1. The van der Waals surface area contributed by atoms with Crippen LogP contribution in [0.4, 0.5) is 9.18 Å². The Morgan fingerprint density at radius 2 is 2.03 bits per heavy atom. The number of urea groups is 1. The molecule has 0 saturated carbocycles. The molecule has 0 spiro atoms. The van der Waals surface area contributed by atoms with Crippen LogP contribution in [-0.4, -0.2) is 38.8 Å². The molecule has 0 unspecified atom stereocenters. The van der Waals surface area contributed by atoms with Crippen LogP contribution in [0.2, 0.25) is 5.02 Å². The van der Waals surface area contributed by atoms with Gasteiger partial charge in [0, 0.05) is 18.0 Å². The van der Waals surface area contributed by atoms with Crippen molar-refractivity contribution in [1.29, 1.82) is 0 Å². The first kappa shape index (κ1) is 21.7. The van der Waals surface area contributed by atoms with E-state index in [4.69, 9.17) is 16.3 Å². The van der Waals surface area contributed by atoms with E-state index in [0.29, 0.717) is 42.5 Å². The van der Waals surface area contributed by atoms with Gasteiger partial charge in [-0.1, -0.05) is 29.8 Å². The molecule has 1 N–H and O–H groups in total. The third kappa shape index (κ3) is 4.27. The summed E-state index contributed by atoms with van der Waals surface area (Å²) in [5, 5.41) is 12.4. The molecule has 1 saturated heterocycles. The van der Waals surface area contributed by atoms with Crippen LogP contribution >= 0.6 is 11.6 Å². The van der Waals surface area contributed by atoms with Crippen LogP contribution in [0.25, 0.3) is 0 Å². The number of rotatable bonds is 4. The largest absolute Gasteiger partial charge is 0.493 e. The predicted molar refractivity (Wildman–Crippen MR) is 122 cm³/mol. The zero-order valence-corrected chi connectivity index (χ0v) is 19.1. The quantitative estimate of drug-likeness (QED) is 0.596. The molecule has 33 heavy (non-hydrogen) atoms. The van der Waals surface area contributed by atoms with Gasteiger partial charge in [0.2, 0.25) is 0 Å². The number of carbonyl (C=O) groups is 1. The first-order chi connectivity index (χ1) is 16.0. The topological polar surface area (TPSA) is 72.3 Å². The van der Waals surface area contributed by atoms with Crippen molar-refractivity contribution in [2.75, 3.05) is 13.2 Å². The van der Waals surface area contributed by atoms with Crippen molar-refractivity contribution in [2.45, 2.75) is 44.8 Å². The van der Waals surface area contributed by atoms with Gasteiger partial charge in [0.1, 0.15) is 17.4 Å². The van der Waals surface area contributed by atoms with Crippen LogP contribution in [0.3, 0.4) is 0 Å². The molecular weight excluding hydrogens is 445 g/mol. The number of fused-ring (bicyclic) bond motifs is 1. The molecule has 0 bridgehead atoms. The van der Waals surface area contributed by atoms with Crippen molar-refractivity contribution in [2.24, 2.45) is 0 Å². The van der Waals surface area contributed by atoms with Gasteiger partial charge in [-0.25, -0.2) is 9.18 Å². The monoisotopic (exact) mass is 469 g/mol. The van der Waals surface area contributed by atoms with Gasteiger partial charge >= 0.3 is 6.03 Å². The van der Waals surface area contributed by atoms with Crippen LogP contribution in [0, 0.1) is 12.7 Å². The van der Waals surface area contributed by atoms with Crippen molar-refractivity contribution < 1.29 is 13.9 Å². The smallest absolute Gasteiger partial charge is 0.318 e. The predicted octanol–water partition coefficient (Wildman–Crippen LogP) is 4.80. The molecule has 7 nitrogen and oxygen atoms in total. The van der Waals surface area contributed by atoms with E-state index >= 15 is 0 Å². The van der Waals surface area contributed by atoms with Gasteiger partial charge in [-0.05, 0) is 49.6 Å². The molecule has 5 rings (SSSR count). The van der Waals surface area contributed by atoms with E-state index in [1.165, 1.54) is 6.07 Å². The molecule has 2 amide bonds. The van der Waals surface area contributed by atoms with E-state index in [-0.39, 0.29) is 17.9 Å². The highest BCUT2D eigenvalue weighted by atomic mass is 35.5. The summed E-state index contributed by atoms with van der Waals surface area (Å²) >= 11 is 6.02. The molecular formula is C24H25ClFN5O2. The third-order valence-electron chi connectivity index (χ3n) is 6.35. The number of nitrogens with one attached hydrogen (secondary N) is 1. The van der Waals surface area contributed by atoms with Gasteiger partial charge in [-0.2, -0.15) is 0 Å².